The summed E-state index contributed by atoms with van der Waals surface area (Å²) in [6, 6.07) is 5.81. The molecule has 1 unspecified atom stereocenters. The van der Waals surface area contributed by atoms with Gasteiger partial charge >= 0.3 is 0 Å². The first kappa shape index (κ1) is 14.3. The van der Waals surface area contributed by atoms with Crippen LogP contribution in [0.1, 0.15) is 38.4 Å². The Bertz CT molecular complexity index is 739. The predicted octanol–water partition coefficient (Wildman–Crippen LogP) is 1.95. The van der Waals surface area contributed by atoms with E-state index in [1.54, 1.807) is 12.4 Å². The Labute approximate surface area is 129 Å². The number of nitrogens with zero attached hydrogens (tertiary/aromatic N) is 1. The van der Waals surface area contributed by atoms with Gasteiger partial charge in [0, 0.05) is 18.9 Å². The number of ether oxygens (including phenoxy) is 1. The van der Waals surface area contributed by atoms with E-state index in [1.807, 2.05) is 26.0 Å². The lowest BCUT2D eigenvalue weighted by Gasteiger charge is -2.36. The Morgan fingerprint density at radius 2 is 2.23 bits per heavy atom. The number of Topliss-reactive ketones (excluding diaryl/α,β-unsaturated/α-hetero) is 1. The summed E-state index contributed by atoms with van der Waals surface area (Å²) in [4.78, 5) is 15.4. The maximum atomic E-state index is 12.4. The first-order valence-corrected chi connectivity index (χ1v) is 7.22. The summed E-state index contributed by atoms with van der Waals surface area (Å²) in [5, 5.41) is 9.46. The monoisotopic (exact) mass is 296 g/mol. The van der Waals surface area contributed by atoms with Crippen molar-refractivity contribution in [2.24, 2.45) is 11.1 Å². The summed E-state index contributed by atoms with van der Waals surface area (Å²) in [6.45, 7) is 4.06. The minimum atomic E-state index is -0.567. The van der Waals surface area contributed by atoms with E-state index in [0.717, 1.165) is 5.56 Å². The quantitative estimate of drug-likeness (QED) is 0.857. The van der Waals surface area contributed by atoms with Crippen LogP contribution in [-0.2, 0) is 9.53 Å². The number of nitrogens with two attached hydrogens (primary N) is 1. The zero-order valence-electron chi connectivity index (χ0n) is 12.6. The standard InChI is InChI=1S/C17H17N3O2/c1-17(2)6-12(21)14-13(7-17)22-16(11(8-18)15(14)19)10-4-3-5-20-9-10/h3-5,9,16H,6-7,19H2,1-2H3/p+1. The van der Waals surface area contributed by atoms with Crippen LogP contribution in [0.2, 0.25) is 0 Å². The molecule has 1 atom stereocenters. The lowest BCUT2D eigenvalue weighted by Crippen LogP contribution is -2.33. The van der Waals surface area contributed by atoms with Crippen LogP contribution in [-0.4, -0.2) is 5.78 Å². The molecule has 0 saturated carbocycles. The molecule has 0 radical (unpaired) electrons. The fraction of sp³-hybridized carbons (Fsp3) is 0.353. The number of allylic oxidation sites excluding steroid dienone is 2. The van der Waals surface area contributed by atoms with Crippen molar-refractivity contribution in [1.82, 2.24) is 0 Å². The molecule has 3 N–H and O–H groups in total. The summed E-state index contributed by atoms with van der Waals surface area (Å²) in [5.41, 5.74) is 7.74. The summed E-state index contributed by atoms with van der Waals surface area (Å²) in [6.07, 6.45) is 4.04. The molecule has 22 heavy (non-hydrogen) atoms. The number of aromatic nitrogens is 1. The highest BCUT2D eigenvalue weighted by atomic mass is 16.5. The fourth-order valence-electron chi connectivity index (χ4n) is 3.07. The second-order valence-electron chi connectivity index (χ2n) is 6.51. The number of carbonyl (C=O) groups excluding carboxylic acids is 1. The van der Waals surface area contributed by atoms with Crippen molar-refractivity contribution in [1.29, 1.82) is 5.26 Å². The Morgan fingerprint density at radius 1 is 1.45 bits per heavy atom. The molecule has 2 heterocycles. The molecule has 3 rings (SSSR count). The first-order chi connectivity index (χ1) is 10.4. The van der Waals surface area contributed by atoms with Gasteiger partial charge in [-0.15, -0.1) is 0 Å². The molecule has 1 aromatic heterocycles. The van der Waals surface area contributed by atoms with Crippen LogP contribution in [0.15, 0.2) is 47.1 Å². The van der Waals surface area contributed by atoms with Crippen LogP contribution in [0, 0.1) is 16.7 Å². The third-order valence-electron chi connectivity index (χ3n) is 4.07. The van der Waals surface area contributed by atoms with Crippen LogP contribution in [0.3, 0.4) is 0 Å². The minimum Gasteiger partial charge on any atom is -0.483 e. The van der Waals surface area contributed by atoms with Crippen LogP contribution < -0.4 is 10.7 Å². The number of ketones is 1. The van der Waals surface area contributed by atoms with Gasteiger partial charge in [-0.2, -0.15) is 5.26 Å². The van der Waals surface area contributed by atoms with Crippen LogP contribution in [0.25, 0.3) is 0 Å². The molecule has 0 aromatic carbocycles. The number of pyridine rings is 1. The molecule has 0 bridgehead atoms. The highest BCUT2D eigenvalue weighted by Crippen LogP contribution is 2.45. The maximum Gasteiger partial charge on any atom is 0.174 e. The van der Waals surface area contributed by atoms with Crippen molar-refractivity contribution in [3.63, 3.8) is 0 Å². The Kier molecular flexibility index (Phi) is 3.25. The molecule has 112 valence electrons. The second-order valence-corrected chi connectivity index (χ2v) is 6.51. The van der Waals surface area contributed by atoms with Crippen molar-refractivity contribution in [2.45, 2.75) is 32.8 Å². The van der Waals surface area contributed by atoms with E-state index in [2.05, 4.69) is 11.1 Å². The summed E-state index contributed by atoms with van der Waals surface area (Å²) in [5.74, 6) is 0.557. The molecule has 1 aliphatic heterocycles. The normalized spacial score (nSPS) is 23.7. The van der Waals surface area contributed by atoms with Gasteiger partial charge in [0.1, 0.15) is 11.8 Å². The molecule has 1 aromatic rings. The van der Waals surface area contributed by atoms with E-state index in [9.17, 15) is 10.1 Å². The summed E-state index contributed by atoms with van der Waals surface area (Å²) in [7, 11) is 0. The first-order valence-electron chi connectivity index (χ1n) is 7.22. The fourth-order valence-corrected chi connectivity index (χ4v) is 3.07. The average Bonchev–Trinajstić information content (AvgIpc) is 2.46. The highest BCUT2D eigenvalue weighted by molar-refractivity contribution is 6.01. The molecule has 0 fully saturated rings. The molecule has 1 aliphatic carbocycles. The largest absolute Gasteiger partial charge is 0.483 e. The van der Waals surface area contributed by atoms with Gasteiger partial charge in [-0.05, 0) is 11.5 Å². The lowest BCUT2D eigenvalue weighted by molar-refractivity contribution is -0.379. The molecule has 0 spiro atoms. The molecule has 5 nitrogen and oxygen atoms in total. The number of H-pyrrole nitrogens is 1. The van der Waals surface area contributed by atoms with E-state index in [1.165, 1.54) is 0 Å². The van der Waals surface area contributed by atoms with Gasteiger partial charge in [-0.3, -0.25) is 4.79 Å². The van der Waals surface area contributed by atoms with Gasteiger partial charge in [-0.25, -0.2) is 4.98 Å². The van der Waals surface area contributed by atoms with E-state index < -0.39 is 6.10 Å². The number of hydrogen-bond acceptors (Lipinski definition) is 4. The van der Waals surface area contributed by atoms with Crippen LogP contribution in [0.5, 0.6) is 0 Å². The molecule has 0 saturated heterocycles. The van der Waals surface area contributed by atoms with Crippen molar-refractivity contribution >= 4 is 5.78 Å². The third-order valence-corrected chi connectivity index (χ3v) is 4.07. The van der Waals surface area contributed by atoms with Crippen molar-refractivity contribution < 1.29 is 14.5 Å². The summed E-state index contributed by atoms with van der Waals surface area (Å²) < 4.78 is 6.03. The van der Waals surface area contributed by atoms with E-state index in [4.69, 9.17) is 10.5 Å². The number of rotatable bonds is 1. The Morgan fingerprint density at radius 3 is 2.86 bits per heavy atom. The summed E-state index contributed by atoms with van der Waals surface area (Å²) >= 11 is 0. The topological polar surface area (TPSA) is 90.2 Å². The maximum absolute atomic E-state index is 12.4. The Balaban J connectivity index is 2.11. The van der Waals surface area contributed by atoms with E-state index >= 15 is 0 Å². The van der Waals surface area contributed by atoms with Gasteiger partial charge in [0.15, 0.2) is 24.3 Å². The molecular weight excluding hydrogens is 278 g/mol. The average molecular weight is 296 g/mol. The number of nitriles is 1. The van der Waals surface area contributed by atoms with Crippen LogP contribution >= 0.6 is 0 Å². The van der Waals surface area contributed by atoms with E-state index in [-0.39, 0.29) is 16.9 Å². The van der Waals surface area contributed by atoms with Gasteiger partial charge in [0.25, 0.3) is 0 Å². The number of aromatic amines is 1. The lowest BCUT2D eigenvalue weighted by atomic mass is 9.74. The van der Waals surface area contributed by atoms with Crippen LogP contribution in [0.4, 0.5) is 0 Å². The highest BCUT2D eigenvalue weighted by Gasteiger charge is 2.41. The van der Waals surface area contributed by atoms with Crippen molar-refractivity contribution in [3.8, 4) is 6.07 Å². The SMILES string of the molecule is CC1(C)CC(=O)C2=C(C1)OC(c1ccc[nH+]c1)C(C#N)=C2N. The second kappa shape index (κ2) is 4.99. The number of hydrogen-bond donors (Lipinski definition) is 1. The zero-order valence-corrected chi connectivity index (χ0v) is 12.6. The zero-order chi connectivity index (χ0) is 15.9. The van der Waals surface area contributed by atoms with Gasteiger partial charge in [0.2, 0.25) is 0 Å². The van der Waals surface area contributed by atoms with E-state index in [0.29, 0.717) is 29.7 Å². The molecular formula is C17H18N3O2+. The van der Waals surface area contributed by atoms with Crippen molar-refractivity contribution in [3.05, 3.63) is 52.7 Å². The van der Waals surface area contributed by atoms with Gasteiger partial charge in [-0.1, -0.05) is 13.8 Å². The molecule has 2 aliphatic rings. The minimum absolute atomic E-state index is 0.0467. The Hall–Kier alpha value is -2.61. The third kappa shape index (κ3) is 2.27. The molecule has 5 heteroatoms. The van der Waals surface area contributed by atoms with Gasteiger partial charge < -0.3 is 10.5 Å². The number of nitrogens with one attached hydrogen (secondary N) is 1. The predicted molar refractivity (Wildman–Crippen MR) is 78.7 cm³/mol. The van der Waals surface area contributed by atoms with Crippen molar-refractivity contribution in [2.75, 3.05) is 0 Å². The number of carbonyl (C=O) groups is 1. The smallest absolute Gasteiger partial charge is 0.174 e. The van der Waals surface area contributed by atoms with Gasteiger partial charge in [0.05, 0.1) is 22.4 Å². The molecule has 0 amide bonds.